The van der Waals surface area contributed by atoms with Gasteiger partial charge in [-0.3, -0.25) is 9.59 Å². The average Bonchev–Trinajstić information content (AvgIpc) is 2.98. The fraction of sp³-hybridized carbons (Fsp3) is 0.818. The van der Waals surface area contributed by atoms with Gasteiger partial charge in [0, 0.05) is 6.61 Å². The zero-order valence-electron chi connectivity index (χ0n) is 9.20. The Morgan fingerprint density at radius 2 is 2.19 bits per heavy atom. The molecule has 0 bridgehead atoms. The number of carbonyl (C=O) groups is 2. The molecule has 0 radical (unpaired) electrons. The Morgan fingerprint density at radius 1 is 1.44 bits per heavy atom. The van der Waals surface area contributed by atoms with Gasteiger partial charge >= 0.3 is 5.97 Å². The van der Waals surface area contributed by atoms with Crippen LogP contribution in [0.2, 0.25) is 0 Å². The Bertz CT molecular complexity index is 292. The lowest BCUT2D eigenvalue weighted by Crippen LogP contribution is -2.44. The van der Waals surface area contributed by atoms with E-state index in [2.05, 4.69) is 5.32 Å². The monoisotopic (exact) mass is 227 g/mol. The summed E-state index contributed by atoms with van der Waals surface area (Å²) >= 11 is 0. The highest BCUT2D eigenvalue weighted by molar-refractivity contribution is 5.81. The fourth-order valence-corrected chi connectivity index (χ4v) is 2.10. The molecule has 0 aromatic carbocycles. The van der Waals surface area contributed by atoms with Gasteiger partial charge in [-0.2, -0.15) is 0 Å². The molecule has 2 N–H and O–H groups in total. The zero-order valence-corrected chi connectivity index (χ0v) is 9.20. The maximum Gasteiger partial charge on any atom is 0.305 e. The molecule has 2 aliphatic rings. The van der Waals surface area contributed by atoms with Crippen molar-refractivity contribution in [1.82, 2.24) is 5.32 Å². The molecule has 16 heavy (non-hydrogen) atoms. The van der Waals surface area contributed by atoms with Gasteiger partial charge in [0.15, 0.2) is 0 Å². The van der Waals surface area contributed by atoms with Crippen LogP contribution in [0.5, 0.6) is 0 Å². The standard InChI is InChI=1S/C11H17NO4/c13-9(14)6-11(3-4-11)12-10(15)8-2-1-5-16-7-8/h8H,1-7H2,(H,12,15)(H,13,14). The van der Waals surface area contributed by atoms with E-state index in [1.165, 1.54) is 0 Å². The molecule has 5 heteroatoms. The van der Waals surface area contributed by atoms with E-state index in [1.807, 2.05) is 0 Å². The SMILES string of the molecule is O=C(O)CC1(NC(=O)C2CCCOC2)CC1. The molecule has 1 saturated heterocycles. The van der Waals surface area contributed by atoms with Gasteiger partial charge in [0.05, 0.1) is 24.5 Å². The summed E-state index contributed by atoms with van der Waals surface area (Å²) in [5.74, 6) is -0.990. The van der Waals surface area contributed by atoms with E-state index < -0.39 is 11.5 Å². The molecule has 1 heterocycles. The third kappa shape index (κ3) is 2.72. The van der Waals surface area contributed by atoms with Gasteiger partial charge in [0.1, 0.15) is 0 Å². The minimum absolute atomic E-state index is 0.0340. The van der Waals surface area contributed by atoms with Gasteiger partial charge in [-0.15, -0.1) is 0 Å². The molecule has 2 fully saturated rings. The topological polar surface area (TPSA) is 75.6 Å². The van der Waals surface area contributed by atoms with Crippen LogP contribution in [0.4, 0.5) is 0 Å². The summed E-state index contributed by atoms with van der Waals surface area (Å²) in [5, 5.41) is 11.6. The molecular formula is C11H17NO4. The molecule has 0 aromatic rings. The predicted octanol–water partition coefficient (Wildman–Crippen LogP) is 0.536. The molecular weight excluding hydrogens is 210 g/mol. The first-order valence-corrected chi connectivity index (χ1v) is 5.73. The van der Waals surface area contributed by atoms with Crippen molar-refractivity contribution in [3.63, 3.8) is 0 Å². The van der Waals surface area contributed by atoms with Gasteiger partial charge in [-0.05, 0) is 25.7 Å². The number of carboxylic acid groups (broad SMARTS) is 1. The second-order valence-corrected chi connectivity index (χ2v) is 4.75. The van der Waals surface area contributed by atoms with Crippen LogP contribution in [-0.4, -0.2) is 35.7 Å². The van der Waals surface area contributed by atoms with Crippen LogP contribution in [0.1, 0.15) is 32.1 Å². The number of nitrogens with one attached hydrogen (secondary N) is 1. The van der Waals surface area contributed by atoms with E-state index in [0.29, 0.717) is 6.61 Å². The summed E-state index contributed by atoms with van der Waals surface area (Å²) in [6.07, 6.45) is 3.34. The third-order valence-electron chi connectivity index (χ3n) is 3.26. The molecule has 5 nitrogen and oxygen atoms in total. The predicted molar refractivity (Wildman–Crippen MR) is 55.9 cm³/mol. The van der Waals surface area contributed by atoms with Crippen LogP contribution in [0.25, 0.3) is 0 Å². The van der Waals surface area contributed by atoms with Gasteiger partial charge in [-0.1, -0.05) is 0 Å². The molecule has 1 atom stereocenters. The summed E-state index contributed by atoms with van der Waals surface area (Å²) in [6.45, 7) is 1.19. The van der Waals surface area contributed by atoms with E-state index in [0.717, 1.165) is 32.3 Å². The van der Waals surface area contributed by atoms with Crippen molar-refractivity contribution in [2.45, 2.75) is 37.6 Å². The lowest BCUT2D eigenvalue weighted by atomic mass is 10.0. The summed E-state index contributed by atoms with van der Waals surface area (Å²) in [4.78, 5) is 22.5. The van der Waals surface area contributed by atoms with Crippen LogP contribution in [0, 0.1) is 5.92 Å². The largest absolute Gasteiger partial charge is 0.481 e. The highest BCUT2D eigenvalue weighted by atomic mass is 16.5. The van der Waals surface area contributed by atoms with Crippen LogP contribution >= 0.6 is 0 Å². The van der Waals surface area contributed by atoms with Crippen molar-refractivity contribution in [2.24, 2.45) is 5.92 Å². The van der Waals surface area contributed by atoms with E-state index in [-0.39, 0.29) is 18.2 Å². The zero-order chi connectivity index (χ0) is 11.6. The van der Waals surface area contributed by atoms with Gasteiger partial charge in [-0.25, -0.2) is 0 Å². The molecule has 2 rings (SSSR count). The quantitative estimate of drug-likeness (QED) is 0.734. The number of rotatable bonds is 4. The Kier molecular flexibility index (Phi) is 3.14. The van der Waals surface area contributed by atoms with Crippen molar-refractivity contribution >= 4 is 11.9 Å². The van der Waals surface area contributed by atoms with Crippen LogP contribution < -0.4 is 5.32 Å². The number of aliphatic carboxylic acids is 1. The third-order valence-corrected chi connectivity index (χ3v) is 3.26. The van der Waals surface area contributed by atoms with Crippen molar-refractivity contribution in [1.29, 1.82) is 0 Å². The first-order chi connectivity index (χ1) is 7.61. The average molecular weight is 227 g/mol. The molecule has 1 unspecified atom stereocenters. The van der Waals surface area contributed by atoms with Crippen molar-refractivity contribution in [3.8, 4) is 0 Å². The lowest BCUT2D eigenvalue weighted by molar-refractivity contribution is -0.138. The smallest absolute Gasteiger partial charge is 0.305 e. The minimum Gasteiger partial charge on any atom is -0.481 e. The van der Waals surface area contributed by atoms with Gasteiger partial charge < -0.3 is 15.2 Å². The maximum atomic E-state index is 11.9. The van der Waals surface area contributed by atoms with E-state index in [4.69, 9.17) is 9.84 Å². The van der Waals surface area contributed by atoms with Gasteiger partial charge in [0.25, 0.3) is 0 Å². The van der Waals surface area contributed by atoms with Crippen molar-refractivity contribution in [3.05, 3.63) is 0 Å². The van der Waals surface area contributed by atoms with Crippen LogP contribution in [-0.2, 0) is 14.3 Å². The first kappa shape index (κ1) is 11.4. The van der Waals surface area contributed by atoms with E-state index in [1.54, 1.807) is 0 Å². The molecule has 1 saturated carbocycles. The first-order valence-electron chi connectivity index (χ1n) is 5.73. The summed E-state index contributed by atoms with van der Waals surface area (Å²) in [6, 6.07) is 0. The van der Waals surface area contributed by atoms with Gasteiger partial charge in [0.2, 0.25) is 5.91 Å². The second kappa shape index (κ2) is 4.41. The summed E-state index contributed by atoms with van der Waals surface area (Å²) < 4.78 is 5.24. The Balaban J connectivity index is 1.84. The molecule has 90 valence electrons. The minimum atomic E-state index is -0.849. The number of amides is 1. The number of carboxylic acids is 1. The van der Waals surface area contributed by atoms with E-state index in [9.17, 15) is 9.59 Å². The molecule has 1 aliphatic heterocycles. The maximum absolute atomic E-state index is 11.9. The van der Waals surface area contributed by atoms with Crippen LogP contribution in [0.15, 0.2) is 0 Å². The molecule has 0 spiro atoms. The second-order valence-electron chi connectivity index (χ2n) is 4.75. The summed E-state index contributed by atoms with van der Waals surface area (Å²) in [5.41, 5.74) is -0.458. The summed E-state index contributed by atoms with van der Waals surface area (Å²) in [7, 11) is 0. The fourth-order valence-electron chi connectivity index (χ4n) is 2.10. The highest BCUT2D eigenvalue weighted by Gasteiger charge is 2.46. The van der Waals surface area contributed by atoms with Crippen LogP contribution in [0.3, 0.4) is 0 Å². The highest BCUT2D eigenvalue weighted by Crippen LogP contribution is 2.39. The van der Waals surface area contributed by atoms with Crippen molar-refractivity contribution < 1.29 is 19.4 Å². The van der Waals surface area contributed by atoms with E-state index >= 15 is 0 Å². The number of hydrogen-bond donors (Lipinski definition) is 2. The lowest BCUT2D eigenvalue weighted by Gasteiger charge is -2.24. The Morgan fingerprint density at radius 3 is 2.69 bits per heavy atom. The van der Waals surface area contributed by atoms with Crippen molar-refractivity contribution in [2.75, 3.05) is 13.2 Å². The molecule has 0 aromatic heterocycles. The Labute approximate surface area is 94.2 Å². The normalized spacial score (nSPS) is 27.1. The number of hydrogen-bond acceptors (Lipinski definition) is 3. The molecule has 1 aliphatic carbocycles. The number of carbonyl (C=O) groups excluding carboxylic acids is 1. The Hall–Kier alpha value is -1.10. The number of ether oxygens (including phenoxy) is 1. The molecule has 1 amide bonds.